The molecule has 0 spiro atoms. The quantitative estimate of drug-likeness (QED) is 0.745. The largest absolute Gasteiger partial charge is 0.386 e. The predicted octanol–water partition coefficient (Wildman–Crippen LogP) is 2.81. The number of hydrogen-bond acceptors (Lipinski definition) is 6. The third-order valence-electron chi connectivity index (χ3n) is 3.39. The Bertz CT molecular complexity index is 831. The molecule has 1 unspecified atom stereocenters. The fourth-order valence-corrected chi connectivity index (χ4v) is 2.00. The zero-order valence-electron chi connectivity index (χ0n) is 14.7. The first-order valence-corrected chi connectivity index (χ1v) is 8.11. The Balaban J connectivity index is 0.000000253. The lowest BCUT2D eigenvalue weighted by atomic mass is 10.3. The summed E-state index contributed by atoms with van der Waals surface area (Å²) in [5, 5.41) is 2.44. The first kappa shape index (κ1) is 22.1. The monoisotopic (exact) mass is 417 g/mol. The van der Waals surface area contributed by atoms with Gasteiger partial charge in [-0.25, -0.2) is 26.9 Å². The molecular weight excluding hydrogens is 401 g/mol. The van der Waals surface area contributed by atoms with Crippen LogP contribution in [0.4, 0.5) is 27.6 Å². The average molecular weight is 417 g/mol. The van der Waals surface area contributed by atoms with Gasteiger partial charge in [-0.1, -0.05) is 0 Å². The number of benzene rings is 1. The predicted molar refractivity (Wildman–Crippen MR) is 93.6 cm³/mol. The Hall–Kier alpha value is -3.15. The normalized spacial score (nSPS) is 16.1. The molecule has 0 radical (unpaired) electrons. The van der Waals surface area contributed by atoms with Crippen molar-refractivity contribution in [1.82, 2.24) is 9.97 Å². The lowest BCUT2D eigenvalue weighted by Crippen LogP contribution is -2.34. The number of aliphatic imine (C=N–C) groups is 1. The minimum atomic E-state index is -2.73. The highest BCUT2D eigenvalue weighted by molar-refractivity contribution is 6.02. The molecule has 0 bridgehead atoms. The van der Waals surface area contributed by atoms with Crippen LogP contribution in [-0.2, 0) is 4.74 Å². The van der Waals surface area contributed by atoms with Crippen molar-refractivity contribution in [1.29, 1.82) is 0 Å². The lowest BCUT2D eigenvalue weighted by Gasteiger charge is -2.17. The summed E-state index contributed by atoms with van der Waals surface area (Å²) in [4.78, 5) is 22.2. The van der Waals surface area contributed by atoms with Gasteiger partial charge in [0.15, 0.2) is 0 Å². The topological polar surface area (TPSA) is 102 Å². The molecule has 0 saturated carbocycles. The number of amides is 1. The summed E-state index contributed by atoms with van der Waals surface area (Å²) >= 11 is 0. The maximum atomic E-state index is 12.7. The van der Waals surface area contributed by atoms with Crippen LogP contribution >= 0.6 is 0 Å². The summed E-state index contributed by atoms with van der Waals surface area (Å²) in [5.41, 5.74) is 4.92. The third kappa shape index (κ3) is 7.07. The molecule has 2 heterocycles. The number of amidine groups is 1. The van der Waals surface area contributed by atoms with Crippen LogP contribution in [0.1, 0.15) is 22.6 Å². The summed E-state index contributed by atoms with van der Waals surface area (Å²) in [5.74, 6) is -0.893. The van der Waals surface area contributed by atoms with Crippen LogP contribution < -0.4 is 11.1 Å². The van der Waals surface area contributed by atoms with Crippen molar-refractivity contribution in [3.05, 3.63) is 53.9 Å². The first-order valence-electron chi connectivity index (χ1n) is 8.11. The fourth-order valence-electron chi connectivity index (χ4n) is 2.00. The highest BCUT2D eigenvalue weighted by Gasteiger charge is 2.22. The molecular formula is C17H16F5N5O2. The number of nitrogens with zero attached hydrogens (tertiary/aromatic N) is 3. The molecule has 0 saturated heterocycles. The molecule has 1 aromatic heterocycles. The third-order valence-corrected chi connectivity index (χ3v) is 3.39. The van der Waals surface area contributed by atoms with Gasteiger partial charge in [-0.15, -0.1) is 0 Å². The molecule has 3 N–H and O–H groups in total. The molecule has 3 rings (SSSR count). The van der Waals surface area contributed by atoms with Crippen molar-refractivity contribution in [2.75, 3.05) is 18.5 Å². The molecule has 1 aliphatic heterocycles. The molecule has 1 atom stereocenters. The second-order valence-electron chi connectivity index (χ2n) is 5.63. The van der Waals surface area contributed by atoms with Crippen molar-refractivity contribution in [3.63, 3.8) is 0 Å². The van der Waals surface area contributed by atoms with E-state index in [1.165, 1.54) is 24.3 Å². The van der Waals surface area contributed by atoms with E-state index in [1.807, 2.05) is 0 Å². The number of nitrogens with two attached hydrogens (primary N) is 1. The zero-order chi connectivity index (χ0) is 21.4. The van der Waals surface area contributed by atoms with Gasteiger partial charge in [0.1, 0.15) is 35.7 Å². The van der Waals surface area contributed by atoms with Crippen molar-refractivity contribution in [2.45, 2.75) is 18.9 Å². The number of carbonyl (C=O) groups is 1. The van der Waals surface area contributed by atoms with Crippen LogP contribution in [0.3, 0.4) is 0 Å². The molecule has 1 amide bonds. The van der Waals surface area contributed by atoms with Crippen LogP contribution in [-0.4, -0.2) is 47.4 Å². The molecule has 29 heavy (non-hydrogen) atoms. The SMILES string of the molecule is NC1=NC(C(F)F)COC1.O=C(Nc1ccc(F)cc1)c1cnc(C(F)F)cn1. The number of ether oxygens (including phenoxy) is 1. The van der Waals surface area contributed by atoms with Crippen LogP contribution in [0.15, 0.2) is 41.7 Å². The van der Waals surface area contributed by atoms with E-state index in [9.17, 15) is 26.7 Å². The van der Waals surface area contributed by atoms with Gasteiger partial charge in [0.2, 0.25) is 0 Å². The van der Waals surface area contributed by atoms with Gasteiger partial charge in [0.25, 0.3) is 18.8 Å². The maximum Gasteiger partial charge on any atom is 0.281 e. The number of halogens is 5. The Morgan fingerprint density at radius 3 is 2.31 bits per heavy atom. The number of rotatable bonds is 4. The number of carbonyl (C=O) groups excluding carboxylic acids is 1. The molecule has 1 aliphatic rings. The van der Waals surface area contributed by atoms with Gasteiger partial charge >= 0.3 is 0 Å². The molecule has 1 aromatic carbocycles. The van der Waals surface area contributed by atoms with Crippen molar-refractivity contribution < 1.29 is 31.5 Å². The Labute approximate surface area is 161 Å². The highest BCUT2D eigenvalue weighted by atomic mass is 19.3. The molecule has 7 nitrogen and oxygen atoms in total. The molecule has 0 aliphatic carbocycles. The molecule has 2 aromatic rings. The van der Waals surface area contributed by atoms with Gasteiger partial charge < -0.3 is 15.8 Å². The van der Waals surface area contributed by atoms with Crippen LogP contribution in [0.5, 0.6) is 0 Å². The fraction of sp³-hybridized carbons (Fsp3) is 0.294. The second-order valence-corrected chi connectivity index (χ2v) is 5.63. The summed E-state index contributed by atoms with van der Waals surface area (Å²) in [6.07, 6.45) is -3.41. The molecule has 156 valence electrons. The number of hydrogen-bond donors (Lipinski definition) is 2. The molecule has 0 fully saturated rings. The molecule has 12 heteroatoms. The summed E-state index contributed by atoms with van der Waals surface area (Å²) < 4.78 is 65.6. The van der Waals surface area contributed by atoms with E-state index in [2.05, 4.69) is 20.3 Å². The zero-order valence-corrected chi connectivity index (χ0v) is 14.7. The lowest BCUT2D eigenvalue weighted by molar-refractivity contribution is 0.0505. The summed E-state index contributed by atoms with van der Waals surface area (Å²) in [7, 11) is 0. The summed E-state index contributed by atoms with van der Waals surface area (Å²) in [6.45, 7) is 0.140. The second kappa shape index (κ2) is 10.4. The average Bonchev–Trinajstić information content (AvgIpc) is 2.70. The number of aromatic nitrogens is 2. The van der Waals surface area contributed by atoms with Gasteiger partial charge in [0.05, 0.1) is 19.0 Å². The minimum Gasteiger partial charge on any atom is -0.386 e. The van der Waals surface area contributed by atoms with Gasteiger partial charge in [-0.3, -0.25) is 14.8 Å². The Kier molecular flexibility index (Phi) is 7.95. The Morgan fingerprint density at radius 1 is 1.14 bits per heavy atom. The van der Waals surface area contributed by atoms with E-state index >= 15 is 0 Å². The van der Waals surface area contributed by atoms with E-state index in [1.54, 1.807) is 0 Å². The van der Waals surface area contributed by atoms with E-state index in [0.717, 1.165) is 12.4 Å². The summed E-state index contributed by atoms with van der Waals surface area (Å²) in [6, 6.07) is 4.04. The van der Waals surface area contributed by atoms with Gasteiger partial charge in [-0.05, 0) is 24.3 Å². The maximum absolute atomic E-state index is 12.7. The first-order chi connectivity index (χ1) is 13.8. The Morgan fingerprint density at radius 2 is 1.83 bits per heavy atom. The number of alkyl halides is 4. The van der Waals surface area contributed by atoms with E-state index in [0.29, 0.717) is 5.69 Å². The van der Waals surface area contributed by atoms with E-state index in [-0.39, 0.29) is 24.7 Å². The van der Waals surface area contributed by atoms with E-state index in [4.69, 9.17) is 10.5 Å². The van der Waals surface area contributed by atoms with Crippen molar-refractivity contribution in [3.8, 4) is 0 Å². The van der Waals surface area contributed by atoms with Crippen molar-refractivity contribution >= 4 is 17.4 Å². The van der Waals surface area contributed by atoms with E-state index < -0.39 is 36.3 Å². The van der Waals surface area contributed by atoms with Gasteiger partial charge in [-0.2, -0.15) is 0 Å². The minimum absolute atomic E-state index is 0.0294. The number of anilines is 1. The van der Waals surface area contributed by atoms with Crippen LogP contribution in [0.2, 0.25) is 0 Å². The van der Waals surface area contributed by atoms with Crippen LogP contribution in [0, 0.1) is 5.82 Å². The smallest absolute Gasteiger partial charge is 0.281 e. The van der Waals surface area contributed by atoms with Gasteiger partial charge in [0, 0.05) is 5.69 Å². The van der Waals surface area contributed by atoms with Crippen LogP contribution in [0.25, 0.3) is 0 Å². The number of nitrogens with one attached hydrogen (secondary N) is 1. The standard InChI is InChI=1S/C12H8F3N3O.C5H8F2N2O/c13-7-1-3-8(4-2-7)18-12(19)10-6-16-9(5-17-10)11(14)15;6-5(7)3-1-10-2-4(8)9-3/h1-6,11H,(H,18,19);3,5H,1-2H2,(H2,8,9). The highest BCUT2D eigenvalue weighted by Crippen LogP contribution is 2.15. The van der Waals surface area contributed by atoms with Crippen molar-refractivity contribution in [2.24, 2.45) is 10.7 Å².